The molecular formula is C13H11N3O4. The number of benzene rings is 1. The number of primary amides is 2. The first-order valence-corrected chi connectivity index (χ1v) is 5.57. The molecule has 0 fully saturated rings. The third kappa shape index (κ3) is 2.83. The van der Waals surface area contributed by atoms with Crippen LogP contribution in [0.1, 0.15) is 31.3 Å². The van der Waals surface area contributed by atoms with E-state index < -0.39 is 17.7 Å². The largest absolute Gasteiger partial charge is 0.459 e. The van der Waals surface area contributed by atoms with Gasteiger partial charge >= 0.3 is 0 Å². The van der Waals surface area contributed by atoms with Crippen molar-refractivity contribution in [2.75, 3.05) is 5.32 Å². The van der Waals surface area contributed by atoms with E-state index in [-0.39, 0.29) is 22.6 Å². The highest BCUT2D eigenvalue weighted by molar-refractivity contribution is 6.05. The van der Waals surface area contributed by atoms with Crippen molar-refractivity contribution in [3.63, 3.8) is 0 Å². The number of amides is 3. The van der Waals surface area contributed by atoms with Gasteiger partial charge in [0.15, 0.2) is 5.76 Å². The van der Waals surface area contributed by atoms with Crippen LogP contribution in [0.15, 0.2) is 41.0 Å². The van der Waals surface area contributed by atoms with Gasteiger partial charge in [-0.1, -0.05) is 0 Å². The number of furan rings is 1. The summed E-state index contributed by atoms with van der Waals surface area (Å²) in [4.78, 5) is 34.2. The summed E-state index contributed by atoms with van der Waals surface area (Å²) in [7, 11) is 0. The van der Waals surface area contributed by atoms with Crippen LogP contribution in [0.4, 0.5) is 5.69 Å². The predicted octanol–water partition coefficient (Wildman–Crippen LogP) is 0.730. The van der Waals surface area contributed by atoms with Gasteiger partial charge in [0.05, 0.1) is 6.26 Å². The first-order valence-electron chi connectivity index (χ1n) is 5.57. The third-order valence-electron chi connectivity index (χ3n) is 2.50. The second-order valence-electron chi connectivity index (χ2n) is 3.96. The van der Waals surface area contributed by atoms with Crippen LogP contribution in [0.5, 0.6) is 0 Å². The highest BCUT2D eigenvalue weighted by atomic mass is 16.3. The van der Waals surface area contributed by atoms with Crippen molar-refractivity contribution in [3.05, 3.63) is 53.5 Å². The Morgan fingerprint density at radius 2 is 1.60 bits per heavy atom. The minimum atomic E-state index is -0.735. The molecule has 2 aromatic rings. The van der Waals surface area contributed by atoms with Crippen molar-refractivity contribution in [2.45, 2.75) is 0 Å². The van der Waals surface area contributed by atoms with Gasteiger partial charge in [-0.3, -0.25) is 14.4 Å². The molecule has 0 atom stereocenters. The summed E-state index contributed by atoms with van der Waals surface area (Å²) in [5.41, 5.74) is 10.7. The van der Waals surface area contributed by atoms with E-state index in [2.05, 4.69) is 5.32 Å². The molecule has 1 aromatic heterocycles. The Bertz CT molecular complexity index is 645. The van der Waals surface area contributed by atoms with Crippen LogP contribution < -0.4 is 16.8 Å². The zero-order valence-corrected chi connectivity index (χ0v) is 10.3. The first-order chi connectivity index (χ1) is 9.47. The molecule has 0 radical (unpaired) electrons. The minimum Gasteiger partial charge on any atom is -0.459 e. The van der Waals surface area contributed by atoms with Gasteiger partial charge in [-0.05, 0) is 30.3 Å². The molecule has 0 unspecified atom stereocenters. The van der Waals surface area contributed by atoms with E-state index in [1.165, 1.54) is 30.5 Å². The molecule has 0 saturated heterocycles. The fourth-order valence-electron chi connectivity index (χ4n) is 1.58. The number of carbonyl (C=O) groups is 3. The molecule has 7 nitrogen and oxygen atoms in total. The maximum Gasteiger partial charge on any atom is 0.291 e. The fourth-order valence-corrected chi connectivity index (χ4v) is 1.58. The smallest absolute Gasteiger partial charge is 0.291 e. The molecule has 20 heavy (non-hydrogen) atoms. The number of hydrogen-bond acceptors (Lipinski definition) is 4. The number of carbonyl (C=O) groups excluding carboxylic acids is 3. The fraction of sp³-hybridized carbons (Fsp3) is 0. The third-order valence-corrected chi connectivity index (χ3v) is 2.50. The van der Waals surface area contributed by atoms with Crippen molar-refractivity contribution < 1.29 is 18.8 Å². The lowest BCUT2D eigenvalue weighted by atomic mass is 10.1. The maximum absolute atomic E-state index is 11.8. The summed E-state index contributed by atoms with van der Waals surface area (Å²) >= 11 is 0. The molecule has 1 heterocycles. The SMILES string of the molecule is NC(=O)c1cc(NC(=O)c2ccco2)cc(C(N)=O)c1. The second-order valence-corrected chi connectivity index (χ2v) is 3.96. The van der Waals surface area contributed by atoms with E-state index >= 15 is 0 Å². The lowest BCUT2D eigenvalue weighted by Gasteiger charge is -2.07. The van der Waals surface area contributed by atoms with E-state index in [4.69, 9.17) is 15.9 Å². The Morgan fingerprint density at radius 1 is 1.00 bits per heavy atom. The molecule has 0 aliphatic heterocycles. The Balaban J connectivity index is 2.33. The molecule has 7 heteroatoms. The average Bonchev–Trinajstić information content (AvgIpc) is 2.92. The van der Waals surface area contributed by atoms with E-state index in [1.807, 2.05) is 0 Å². The number of nitrogens with two attached hydrogens (primary N) is 2. The molecule has 0 aliphatic carbocycles. The molecule has 0 aliphatic rings. The van der Waals surface area contributed by atoms with Gasteiger partial charge in [0, 0.05) is 16.8 Å². The number of nitrogens with one attached hydrogen (secondary N) is 1. The van der Waals surface area contributed by atoms with Crippen molar-refractivity contribution in [1.29, 1.82) is 0 Å². The monoisotopic (exact) mass is 273 g/mol. The molecule has 0 spiro atoms. The second kappa shape index (κ2) is 5.27. The molecule has 102 valence electrons. The minimum absolute atomic E-state index is 0.0658. The quantitative estimate of drug-likeness (QED) is 0.758. The number of rotatable bonds is 4. The highest BCUT2D eigenvalue weighted by Crippen LogP contribution is 2.16. The summed E-state index contributed by atoms with van der Waals surface area (Å²) < 4.78 is 4.93. The average molecular weight is 273 g/mol. The van der Waals surface area contributed by atoms with Crippen molar-refractivity contribution in [2.24, 2.45) is 11.5 Å². The molecule has 0 saturated carbocycles. The summed E-state index contributed by atoms with van der Waals surface area (Å²) in [5, 5.41) is 2.49. The lowest BCUT2D eigenvalue weighted by Crippen LogP contribution is -2.18. The van der Waals surface area contributed by atoms with Crippen LogP contribution in [0, 0.1) is 0 Å². The van der Waals surface area contributed by atoms with Gasteiger partial charge in [0.1, 0.15) is 0 Å². The van der Waals surface area contributed by atoms with Gasteiger partial charge < -0.3 is 21.2 Å². The Hall–Kier alpha value is -3.09. The molecule has 5 N–H and O–H groups in total. The van der Waals surface area contributed by atoms with E-state index in [9.17, 15) is 14.4 Å². The molecule has 0 bridgehead atoms. The molecule has 1 aromatic carbocycles. The summed E-state index contributed by atoms with van der Waals surface area (Å²) in [6.45, 7) is 0. The van der Waals surface area contributed by atoms with Gasteiger partial charge in [0.25, 0.3) is 5.91 Å². The number of anilines is 1. The zero-order chi connectivity index (χ0) is 14.7. The summed E-state index contributed by atoms with van der Waals surface area (Å²) in [6.07, 6.45) is 1.35. The number of hydrogen-bond donors (Lipinski definition) is 3. The lowest BCUT2D eigenvalue weighted by molar-refractivity contribution is 0.0984. The van der Waals surface area contributed by atoms with Crippen LogP contribution in [0.2, 0.25) is 0 Å². The standard InChI is InChI=1S/C13H11N3O4/c14-11(17)7-4-8(12(15)18)6-9(5-7)16-13(19)10-2-1-3-20-10/h1-6H,(H2,14,17)(H2,15,18)(H,16,19). The van der Waals surface area contributed by atoms with Crippen molar-refractivity contribution in [3.8, 4) is 0 Å². The van der Waals surface area contributed by atoms with Gasteiger partial charge in [0.2, 0.25) is 11.8 Å². The van der Waals surface area contributed by atoms with Crippen LogP contribution >= 0.6 is 0 Å². The Morgan fingerprint density at radius 3 is 2.05 bits per heavy atom. The highest BCUT2D eigenvalue weighted by Gasteiger charge is 2.13. The summed E-state index contributed by atoms with van der Waals surface area (Å²) in [5.74, 6) is -1.90. The van der Waals surface area contributed by atoms with Crippen LogP contribution in [-0.2, 0) is 0 Å². The van der Waals surface area contributed by atoms with E-state index in [1.54, 1.807) is 6.07 Å². The van der Waals surface area contributed by atoms with E-state index in [0.29, 0.717) is 0 Å². The van der Waals surface area contributed by atoms with E-state index in [0.717, 1.165) is 0 Å². The first kappa shape index (κ1) is 13.3. The predicted molar refractivity (Wildman–Crippen MR) is 70.1 cm³/mol. The summed E-state index contributed by atoms with van der Waals surface area (Å²) in [6, 6.07) is 6.98. The molecule has 2 rings (SSSR count). The van der Waals surface area contributed by atoms with Gasteiger partial charge in [-0.25, -0.2) is 0 Å². The Kier molecular flexibility index (Phi) is 3.52. The van der Waals surface area contributed by atoms with Gasteiger partial charge in [-0.15, -0.1) is 0 Å². The molecule has 3 amide bonds. The topological polar surface area (TPSA) is 128 Å². The van der Waals surface area contributed by atoms with Crippen molar-refractivity contribution in [1.82, 2.24) is 0 Å². The molecular weight excluding hydrogens is 262 g/mol. The van der Waals surface area contributed by atoms with Crippen LogP contribution in [0.3, 0.4) is 0 Å². The normalized spacial score (nSPS) is 10.0. The van der Waals surface area contributed by atoms with Crippen LogP contribution in [0.25, 0.3) is 0 Å². The Labute approximate surface area is 113 Å². The maximum atomic E-state index is 11.8. The zero-order valence-electron chi connectivity index (χ0n) is 10.3. The van der Waals surface area contributed by atoms with Gasteiger partial charge in [-0.2, -0.15) is 0 Å². The van der Waals surface area contributed by atoms with Crippen molar-refractivity contribution >= 4 is 23.4 Å². The van der Waals surface area contributed by atoms with Crippen LogP contribution in [-0.4, -0.2) is 17.7 Å².